The van der Waals surface area contributed by atoms with E-state index in [-0.39, 0.29) is 23.5 Å². The maximum atomic E-state index is 13.3. The Labute approximate surface area is 180 Å². The van der Waals surface area contributed by atoms with Crippen LogP contribution in [0.1, 0.15) is 35.9 Å². The standard InChI is InChI=1S/C22H27FN4O2S/c1-3-20(28)26-8-10-27(11-9-26)22-25-18-6-4-15(13-19(18)30-22)21(29)24-17-7-5-16(23)12-14(17)2/h5,7,12,15H,3-4,6,8-11,13H2,1-2H3,(H,24,29). The molecular formula is C22H27FN4O2S. The zero-order chi connectivity index (χ0) is 21.3. The molecule has 1 aliphatic heterocycles. The van der Waals surface area contributed by atoms with Gasteiger partial charge in [0.1, 0.15) is 5.82 Å². The van der Waals surface area contributed by atoms with E-state index in [1.54, 1.807) is 24.3 Å². The van der Waals surface area contributed by atoms with Crippen molar-refractivity contribution in [1.29, 1.82) is 0 Å². The van der Waals surface area contributed by atoms with Gasteiger partial charge >= 0.3 is 0 Å². The van der Waals surface area contributed by atoms with E-state index in [1.165, 1.54) is 17.0 Å². The van der Waals surface area contributed by atoms with E-state index < -0.39 is 0 Å². The zero-order valence-electron chi connectivity index (χ0n) is 17.4. The Hall–Kier alpha value is -2.48. The number of carbonyl (C=O) groups excluding carboxylic acids is 2. The number of benzene rings is 1. The second kappa shape index (κ2) is 8.71. The lowest BCUT2D eigenvalue weighted by atomic mass is 9.90. The lowest BCUT2D eigenvalue weighted by Gasteiger charge is -2.34. The smallest absolute Gasteiger partial charge is 0.227 e. The summed E-state index contributed by atoms with van der Waals surface area (Å²) >= 11 is 1.67. The number of hydrogen-bond donors (Lipinski definition) is 1. The van der Waals surface area contributed by atoms with E-state index in [0.717, 1.165) is 55.4 Å². The van der Waals surface area contributed by atoms with E-state index in [9.17, 15) is 14.0 Å². The van der Waals surface area contributed by atoms with E-state index in [2.05, 4.69) is 10.2 Å². The highest BCUT2D eigenvalue weighted by Gasteiger charge is 2.30. The van der Waals surface area contributed by atoms with E-state index >= 15 is 0 Å². The summed E-state index contributed by atoms with van der Waals surface area (Å²) in [6, 6.07) is 4.41. The summed E-state index contributed by atoms with van der Waals surface area (Å²) in [4.78, 5) is 34.8. The number of halogens is 1. The molecule has 1 saturated heterocycles. The number of nitrogens with one attached hydrogen (secondary N) is 1. The van der Waals surface area contributed by atoms with Crippen LogP contribution in [-0.4, -0.2) is 47.9 Å². The molecular weight excluding hydrogens is 403 g/mol. The van der Waals surface area contributed by atoms with E-state index in [4.69, 9.17) is 4.98 Å². The minimum absolute atomic E-state index is 0.0167. The first-order valence-electron chi connectivity index (χ1n) is 10.5. The Morgan fingerprint density at radius 1 is 1.27 bits per heavy atom. The maximum Gasteiger partial charge on any atom is 0.227 e. The van der Waals surface area contributed by atoms with Crippen molar-refractivity contribution in [3.05, 3.63) is 40.2 Å². The van der Waals surface area contributed by atoms with Crippen molar-refractivity contribution >= 4 is 34.0 Å². The number of carbonyl (C=O) groups is 2. The van der Waals surface area contributed by atoms with Gasteiger partial charge in [-0.2, -0.15) is 0 Å². The quantitative estimate of drug-likeness (QED) is 0.808. The summed E-state index contributed by atoms with van der Waals surface area (Å²) in [5.74, 6) is -0.213. The fourth-order valence-corrected chi connectivity index (χ4v) is 5.33. The Bertz CT molecular complexity index is 953. The van der Waals surface area contributed by atoms with Gasteiger partial charge in [-0.1, -0.05) is 6.92 Å². The van der Waals surface area contributed by atoms with Gasteiger partial charge < -0.3 is 15.1 Å². The van der Waals surface area contributed by atoms with Crippen molar-refractivity contribution in [2.45, 2.75) is 39.5 Å². The molecule has 1 aromatic heterocycles. The van der Waals surface area contributed by atoms with Crippen LogP contribution in [0.2, 0.25) is 0 Å². The molecule has 2 aliphatic rings. The van der Waals surface area contributed by atoms with Gasteiger partial charge in [-0.25, -0.2) is 9.37 Å². The molecule has 1 aliphatic carbocycles. The molecule has 160 valence electrons. The van der Waals surface area contributed by atoms with Crippen molar-refractivity contribution in [3.63, 3.8) is 0 Å². The van der Waals surface area contributed by atoms with Crippen molar-refractivity contribution in [3.8, 4) is 0 Å². The molecule has 8 heteroatoms. The van der Waals surface area contributed by atoms with Gasteiger partial charge in [0.2, 0.25) is 11.8 Å². The summed E-state index contributed by atoms with van der Waals surface area (Å²) in [6.07, 6.45) is 2.79. The lowest BCUT2D eigenvalue weighted by Crippen LogP contribution is -2.48. The first-order valence-corrected chi connectivity index (χ1v) is 11.3. The Morgan fingerprint density at radius 3 is 2.73 bits per heavy atom. The first kappa shape index (κ1) is 20.8. The van der Waals surface area contributed by atoms with Crippen molar-refractivity contribution in [2.24, 2.45) is 5.92 Å². The number of aryl methyl sites for hydroxylation is 2. The number of piperazine rings is 1. The van der Waals surface area contributed by atoms with Crippen LogP contribution in [0.4, 0.5) is 15.2 Å². The normalized spacial score (nSPS) is 18.8. The molecule has 0 spiro atoms. The van der Waals surface area contributed by atoms with Crippen LogP contribution < -0.4 is 10.2 Å². The summed E-state index contributed by atoms with van der Waals surface area (Å²) in [5, 5.41) is 3.96. The minimum atomic E-state index is -0.301. The number of hydrogen-bond acceptors (Lipinski definition) is 5. The highest BCUT2D eigenvalue weighted by Crippen LogP contribution is 2.35. The van der Waals surface area contributed by atoms with Gasteiger partial charge in [0.05, 0.1) is 5.69 Å². The second-order valence-corrected chi connectivity index (χ2v) is 9.04. The number of nitrogens with zero attached hydrogens (tertiary/aromatic N) is 3. The third kappa shape index (κ3) is 4.33. The highest BCUT2D eigenvalue weighted by atomic mass is 32.1. The molecule has 4 rings (SSSR count). The van der Waals surface area contributed by atoms with E-state index in [1.807, 2.05) is 11.8 Å². The molecule has 0 radical (unpaired) electrons. The summed E-state index contributed by atoms with van der Waals surface area (Å²) in [7, 11) is 0. The van der Waals surface area contributed by atoms with Gasteiger partial charge in [0.15, 0.2) is 5.13 Å². The van der Waals surface area contributed by atoms with Crippen molar-refractivity contribution in [1.82, 2.24) is 9.88 Å². The van der Waals surface area contributed by atoms with Crippen LogP contribution in [0.3, 0.4) is 0 Å². The second-order valence-electron chi connectivity index (χ2n) is 7.98. The molecule has 2 aromatic rings. The SMILES string of the molecule is CCC(=O)N1CCN(c2nc3c(s2)CC(C(=O)Nc2ccc(F)cc2C)CC3)CC1. The Morgan fingerprint density at radius 2 is 2.03 bits per heavy atom. The van der Waals surface area contributed by atoms with Gasteiger partial charge in [-0.3, -0.25) is 9.59 Å². The summed E-state index contributed by atoms with van der Waals surface area (Å²) in [6.45, 7) is 6.75. The average Bonchev–Trinajstić information content (AvgIpc) is 3.18. The van der Waals surface area contributed by atoms with Crippen LogP contribution in [-0.2, 0) is 22.4 Å². The molecule has 1 N–H and O–H groups in total. The fraction of sp³-hybridized carbons (Fsp3) is 0.500. The number of anilines is 2. The van der Waals surface area contributed by atoms with Crippen LogP contribution in [0, 0.1) is 18.7 Å². The largest absolute Gasteiger partial charge is 0.345 e. The number of thiazole rings is 1. The summed E-state index contributed by atoms with van der Waals surface area (Å²) in [5.41, 5.74) is 2.49. The number of fused-ring (bicyclic) bond motifs is 1. The van der Waals surface area contributed by atoms with Crippen LogP contribution in [0.25, 0.3) is 0 Å². The minimum Gasteiger partial charge on any atom is -0.345 e. The first-order chi connectivity index (χ1) is 14.4. The van der Waals surface area contributed by atoms with Crippen molar-refractivity contribution in [2.75, 3.05) is 36.4 Å². The highest BCUT2D eigenvalue weighted by molar-refractivity contribution is 7.15. The Kier molecular flexibility index (Phi) is 6.04. The van der Waals surface area contributed by atoms with Crippen molar-refractivity contribution < 1.29 is 14.0 Å². The lowest BCUT2D eigenvalue weighted by molar-refractivity contribution is -0.131. The van der Waals surface area contributed by atoms with Crippen LogP contribution >= 0.6 is 11.3 Å². The molecule has 0 bridgehead atoms. The summed E-state index contributed by atoms with van der Waals surface area (Å²) < 4.78 is 13.3. The van der Waals surface area contributed by atoms with Gasteiger partial charge in [0.25, 0.3) is 0 Å². The molecule has 6 nitrogen and oxygen atoms in total. The monoisotopic (exact) mass is 430 g/mol. The molecule has 1 atom stereocenters. The molecule has 0 saturated carbocycles. The van der Waals surface area contributed by atoms with Gasteiger partial charge in [-0.15, -0.1) is 11.3 Å². The molecule has 1 unspecified atom stereocenters. The fourth-order valence-electron chi connectivity index (χ4n) is 4.09. The predicted octanol–water partition coefficient (Wildman–Crippen LogP) is 3.39. The zero-order valence-corrected chi connectivity index (χ0v) is 18.2. The molecule has 2 amide bonds. The van der Waals surface area contributed by atoms with Crippen LogP contribution in [0.5, 0.6) is 0 Å². The number of rotatable bonds is 4. The van der Waals surface area contributed by atoms with Crippen LogP contribution in [0.15, 0.2) is 18.2 Å². The predicted molar refractivity (Wildman–Crippen MR) is 116 cm³/mol. The number of aromatic nitrogens is 1. The third-order valence-electron chi connectivity index (χ3n) is 5.95. The third-order valence-corrected chi connectivity index (χ3v) is 7.13. The molecule has 30 heavy (non-hydrogen) atoms. The van der Waals surface area contributed by atoms with Gasteiger partial charge in [0, 0.05) is 49.1 Å². The average molecular weight is 431 g/mol. The Balaban J connectivity index is 1.38. The molecule has 2 heterocycles. The van der Waals surface area contributed by atoms with Gasteiger partial charge in [-0.05, 0) is 49.9 Å². The molecule has 1 aromatic carbocycles. The topological polar surface area (TPSA) is 65.5 Å². The maximum absolute atomic E-state index is 13.3. The number of amides is 2. The van der Waals surface area contributed by atoms with E-state index in [0.29, 0.717) is 18.5 Å². The molecule has 1 fully saturated rings.